The van der Waals surface area contributed by atoms with Gasteiger partial charge >= 0.3 is 0 Å². The van der Waals surface area contributed by atoms with Gasteiger partial charge in [0.25, 0.3) is 0 Å². The number of allylic oxidation sites excluding steroid dienone is 4. The van der Waals surface area contributed by atoms with Gasteiger partial charge < -0.3 is 4.74 Å². The largest absolute Gasteiger partial charge is 0.481 e. The maximum absolute atomic E-state index is 5.40. The number of ether oxygens (including phenoxy) is 1. The molecule has 102 valence electrons. The first-order valence-electron chi connectivity index (χ1n) is 6.25. The second kappa shape index (κ2) is 6.53. The molecule has 0 saturated carbocycles. The molecule has 20 heavy (non-hydrogen) atoms. The molecule has 0 unspecified atom stereocenters. The Morgan fingerprint density at radius 3 is 2.80 bits per heavy atom. The van der Waals surface area contributed by atoms with Crippen molar-refractivity contribution in [2.45, 2.75) is 6.42 Å². The average Bonchev–Trinajstić information content (AvgIpc) is 2.45. The van der Waals surface area contributed by atoms with Crippen molar-refractivity contribution >= 4 is 26.8 Å². The monoisotopic (exact) mass is 329 g/mol. The number of hydrogen-bond acceptors (Lipinski definition) is 2. The number of pyridine rings is 1. The van der Waals surface area contributed by atoms with Crippen LogP contribution in [-0.4, -0.2) is 12.1 Å². The summed E-state index contributed by atoms with van der Waals surface area (Å²) in [6.45, 7) is 7.54. The van der Waals surface area contributed by atoms with E-state index in [1.54, 1.807) is 13.2 Å². The number of hydrogen-bond donors (Lipinski definition) is 0. The van der Waals surface area contributed by atoms with E-state index in [4.69, 9.17) is 4.74 Å². The minimum atomic E-state index is 0.650. The molecular formula is C17H16BrNO. The highest BCUT2D eigenvalue weighted by Gasteiger charge is 2.08. The molecule has 2 aromatic rings. The van der Waals surface area contributed by atoms with Crippen molar-refractivity contribution in [1.82, 2.24) is 4.98 Å². The summed E-state index contributed by atoms with van der Waals surface area (Å²) in [5.74, 6) is 0.650. The van der Waals surface area contributed by atoms with Gasteiger partial charge in [-0.3, -0.25) is 0 Å². The van der Waals surface area contributed by atoms with E-state index in [9.17, 15) is 0 Å². The Kier molecular flexibility index (Phi) is 4.74. The zero-order valence-corrected chi connectivity index (χ0v) is 13.0. The molecule has 0 saturated heterocycles. The quantitative estimate of drug-likeness (QED) is 0.732. The van der Waals surface area contributed by atoms with E-state index in [0.717, 1.165) is 26.5 Å². The van der Waals surface area contributed by atoms with Gasteiger partial charge in [-0.2, -0.15) is 0 Å². The predicted molar refractivity (Wildman–Crippen MR) is 88.2 cm³/mol. The third kappa shape index (κ3) is 3.17. The van der Waals surface area contributed by atoms with E-state index < -0.39 is 0 Å². The van der Waals surface area contributed by atoms with E-state index in [-0.39, 0.29) is 0 Å². The van der Waals surface area contributed by atoms with E-state index in [0.29, 0.717) is 12.3 Å². The van der Waals surface area contributed by atoms with Gasteiger partial charge in [0.05, 0.1) is 12.6 Å². The minimum Gasteiger partial charge on any atom is -0.481 e. The fourth-order valence-electron chi connectivity index (χ4n) is 2.05. The summed E-state index contributed by atoms with van der Waals surface area (Å²) in [7, 11) is 1.64. The minimum absolute atomic E-state index is 0.650. The summed E-state index contributed by atoms with van der Waals surface area (Å²) in [4.78, 5) is 4.55. The fraction of sp³-hybridized carbons (Fsp3) is 0.118. The number of rotatable bonds is 5. The zero-order valence-electron chi connectivity index (χ0n) is 11.4. The second-order valence-corrected chi connectivity index (χ2v) is 5.27. The van der Waals surface area contributed by atoms with Gasteiger partial charge in [0, 0.05) is 21.8 Å². The molecular weight excluding hydrogens is 314 g/mol. The molecule has 2 rings (SSSR count). The van der Waals surface area contributed by atoms with Crippen molar-refractivity contribution in [3.8, 4) is 5.88 Å². The molecule has 0 fully saturated rings. The van der Waals surface area contributed by atoms with Crippen LogP contribution in [0.15, 0.2) is 65.7 Å². The summed E-state index contributed by atoms with van der Waals surface area (Å²) in [6, 6.07) is 8.10. The van der Waals surface area contributed by atoms with Gasteiger partial charge in [-0.25, -0.2) is 4.98 Å². The number of halogens is 1. The lowest BCUT2D eigenvalue weighted by Gasteiger charge is -2.10. The Morgan fingerprint density at radius 1 is 1.35 bits per heavy atom. The van der Waals surface area contributed by atoms with E-state index in [1.807, 2.05) is 24.3 Å². The Hall–Kier alpha value is -1.87. The zero-order chi connectivity index (χ0) is 14.5. The number of fused-ring (bicyclic) bond motifs is 1. The first-order chi connectivity index (χ1) is 9.67. The van der Waals surface area contributed by atoms with Crippen molar-refractivity contribution in [2.24, 2.45) is 0 Å². The van der Waals surface area contributed by atoms with Gasteiger partial charge in [-0.15, -0.1) is 0 Å². The Labute approximate surface area is 127 Å². The normalized spacial score (nSPS) is 11.4. The van der Waals surface area contributed by atoms with Crippen molar-refractivity contribution in [1.29, 1.82) is 0 Å². The summed E-state index contributed by atoms with van der Waals surface area (Å²) in [6.07, 6.45) is 6.24. The van der Waals surface area contributed by atoms with Gasteiger partial charge in [0.1, 0.15) is 0 Å². The van der Waals surface area contributed by atoms with Crippen LogP contribution in [0.2, 0.25) is 0 Å². The maximum atomic E-state index is 5.40. The van der Waals surface area contributed by atoms with E-state index in [2.05, 4.69) is 46.2 Å². The third-order valence-electron chi connectivity index (χ3n) is 3.00. The first-order valence-corrected chi connectivity index (χ1v) is 7.04. The van der Waals surface area contributed by atoms with Crippen LogP contribution in [-0.2, 0) is 6.42 Å². The highest BCUT2D eigenvalue weighted by atomic mass is 79.9. The molecule has 0 aliphatic carbocycles. The molecule has 2 nitrogen and oxygen atoms in total. The molecule has 0 spiro atoms. The highest BCUT2D eigenvalue weighted by Crippen LogP contribution is 2.26. The number of methoxy groups -OCH3 is 1. The molecule has 0 N–H and O–H groups in total. The molecule has 0 aliphatic rings. The molecule has 1 heterocycles. The molecule has 0 amide bonds. The van der Waals surface area contributed by atoms with Gasteiger partial charge in [0.15, 0.2) is 0 Å². The molecule has 0 bridgehead atoms. The lowest BCUT2D eigenvalue weighted by atomic mass is 10.0. The number of nitrogens with zero attached hydrogens (tertiary/aromatic N) is 1. The van der Waals surface area contributed by atoms with Crippen LogP contribution >= 0.6 is 15.9 Å². The highest BCUT2D eigenvalue weighted by molar-refractivity contribution is 9.10. The molecule has 3 heteroatoms. The Morgan fingerprint density at radius 2 is 2.15 bits per heavy atom. The predicted octanol–water partition coefficient (Wildman–Crippen LogP) is 4.85. The van der Waals surface area contributed by atoms with Crippen LogP contribution in [0.4, 0.5) is 0 Å². The van der Waals surface area contributed by atoms with E-state index in [1.165, 1.54) is 0 Å². The van der Waals surface area contributed by atoms with Crippen LogP contribution in [0.3, 0.4) is 0 Å². The Balaban J connectivity index is 2.52. The molecule has 0 aliphatic heterocycles. The van der Waals surface area contributed by atoms with Crippen LogP contribution in [0.25, 0.3) is 10.9 Å². The summed E-state index contributed by atoms with van der Waals surface area (Å²) in [5, 5.41) is 1.08. The SMILES string of the molecule is C=C/C=C(\C=C)Cc1cc2cc(Br)ccc2nc1OC. The molecule has 1 aromatic carbocycles. The smallest absolute Gasteiger partial charge is 0.217 e. The van der Waals surface area contributed by atoms with E-state index >= 15 is 0 Å². The fourth-order valence-corrected chi connectivity index (χ4v) is 2.43. The van der Waals surface area contributed by atoms with Crippen molar-refractivity contribution in [3.05, 3.63) is 71.3 Å². The van der Waals surface area contributed by atoms with Gasteiger partial charge in [-0.05, 0) is 29.8 Å². The van der Waals surface area contributed by atoms with Crippen LogP contribution in [0, 0.1) is 0 Å². The molecule has 0 radical (unpaired) electrons. The van der Waals surface area contributed by atoms with Crippen LogP contribution in [0.1, 0.15) is 5.56 Å². The lowest BCUT2D eigenvalue weighted by molar-refractivity contribution is 0.395. The summed E-state index contributed by atoms with van der Waals surface area (Å²) < 4.78 is 6.43. The van der Waals surface area contributed by atoms with Crippen molar-refractivity contribution < 1.29 is 4.74 Å². The molecule has 1 aromatic heterocycles. The topological polar surface area (TPSA) is 22.1 Å². The van der Waals surface area contributed by atoms with Crippen LogP contribution in [0.5, 0.6) is 5.88 Å². The van der Waals surface area contributed by atoms with Gasteiger partial charge in [-0.1, -0.05) is 47.3 Å². The van der Waals surface area contributed by atoms with Crippen molar-refractivity contribution in [3.63, 3.8) is 0 Å². The number of benzene rings is 1. The standard InChI is InChI=1S/C17H16BrNO/c1-4-6-12(5-2)9-14-10-13-11-15(18)7-8-16(13)19-17(14)20-3/h4-8,10-11H,1-2,9H2,3H3/b12-6+. The lowest BCUT2D eigenvalue weighted by Crippen LogP contribution is -1.97. The Bertz CT molecular complexity index is 689. The van der Waals surface area contributed by atoms with Gasteiger partial charge in [0.2, 0.25) is 5.88 Å². The second-order valence-electron chi connectivity index (χ2n) is 4.35. The average molecular weight is 330 g/mol. The summed E-state index contributed by atoms with van der Waals surface area (Å²) in [5.41, 5.74) is 3.03. The molecule has 0 atom stereocenters. The summed E-state index contributed by atoms with van der Waals surface area (Å²) >= 11 is 3.48. The van der Waals surface area contributed by atoms with Crippen LogP contribution < -0.4 is 4.74 Å². The number of aromatic nitrogens is 1. The first kappa shape index (κ1) is 14.5. The van der Waals surface area contributed by atoms with Crippen molar-refractivity contribution in [2.75, 3.05) is 7.11 Å². The third-order valence-corrected chi connectivity index (χ3v) is 3.49. The maximum Gasteiger partial charge on any atom is 0.217 e.